The number of ether oxygens (including phenoxy) is 6. The third kappa shape index (κ3) is 18.2. The van der Waals surface area contributed by atoms with E-state index >= 15 is 0 Å². The van der Waals surface area contributed by atoms with Crippen molar-refractivity contribution in [2.75, 3.05) is 170 Å². The largest absolute Gasteiger partial charge is 0.496 e. The van der Waals surface area contributed by atoms with Crippen LogP contribution in [-0.4, -0.2) is 184 Å². The van der Waals surface area contributed by atoms with E-state index in [0.29, 0.717) is 96.2 Å². The molecule has 1 amide bonds. The highest BCUT2D eigenvalue weighted by molar-refractivity contribution is 7.20. The minimum atomic E-state index is -0.0418. The zero-order chi connectivity index (χ0) is 81.8. The van der Waals surface area contributed by atoms with E-state index in [1.165, 1.54) is 50.1 Å². The molecule has 5 aromatic carbocycles. The third-order valence-corrected chi connectivity index (χ3v) is 30.5. The zero-order valence-electron chi connectivity index (χ0n) is 64.6. The second-order valence-corrected chi connectivity index (χ2v) is 37.3. The fourth-order valence-electron chi connectivity index (χ4n) is 16.6. The first kappa shape index (κ1) is 84.1. The molecule has 4 aliphatic carbocycles. The van der Waals surface area contributed by atoms with Crippen LogP contribution in [0.3, 0.4) is 0 Å². The van der Waals surface area contributed by atoms with Crippen LogP contribution in [0, 0.1) is 12.5 Å². The van der Waals surface area contributed by atoms with Gasteiger partial charge in [-0.25, -0.2) is 14.8 Å². The van der Waals surface area contributed by atoms with Gasteiger partial charge in [-0.1, -0.05) is 148 Å². The SMILES string of the molecule is CC1C(=O)c2sc(N3CCOCC3)cc2C1c1ccc(Cl)cc1.COc1cc(Cl)ccc1C1CC(=O)c2sc(N3CCOCC3)cc21.O=C1CC(c2ccc(Cl)c(Cl)c2)c2nc(N3CCOCC3)sc21.O=C1NCCC(c2ccc(Cl)cc2)c2nc(N3CCOCC3)sc21.[C-]#[N+]c1c(N2CCOCC2)sc2c1C(c1ccc(Cl)cc1)CC2=O. The molecule has 614 valence electrons. The fourth-order valence-corrected chi connectivity index (χ4v) is 23.5. The number of nitrogens with one attached hydrogen (secondary N) is 1. The lowest BCUT2D eigenvalue weighted by Crippen LogP contribution is -2.36. The average molecular weight is 1800 g/mol. The molecule has 6 unspecified atom stereocenters. The molecule has 5 saturated heterocycles. The number of methoxy groups -OCH3 is 1. The van der Waals surface area contributed by atoms with E-state index in [4.69, 9.17) is 115 Å². The number of benzene rings is 5. The van der Waals surface area contributed by atoms with Crippen molar-refractivity contribution in [1.29, 1.82) is 0 Å². The van der Waals surface area contributed by atoms with Crippen LogP contribution >= 0.6 is 126 Å². The molecule has 0 bridgehead atoms. The number of morpholine rings is 5. The Morgan fingerprint density at radius 1 is 0.441 bits per heavy atom. The summed E-state index contributed by atoms with van der Waals surface area (Å²) in [5.74, 6) is 1.74. The number of anilines is 5. The number of aromatic nitrogens is 2. The van der Waals surface area contributed by atoms with Crippen LogP contribution in [0.25, 0.3) is 4.85 Å². The molecule has 31 heteroatoms. The van der Waals surface area contributed by atoms with Gasteiger partial charge in [0.25, 0.3) is 5.91 Å². The van der Waals surface area contributed by atoms with Gasteiger partial charge in [0.2, 0.25) is 5.69 Å². The van der Waals surface area contributed by atoms with Crippen molar-refractivity contribution in [2.45, 2.75) is 62.2 Å². The predicted octanol–water partition coefficient (Wildman–Crippen LogP) is 19.6. The van der Waals surface area contributed by atoms with E-state index in [2.05, 4.69) is 46.8 Å². The quantitative estimate of drug-likeness (QED) is 0.120. The number of carbonyl (C=O) groups is 5. The summed E-state index contributed by atoms with van der Waals surface area (Å²) >= 11 is 43.9. The minimum Gasteiger partial charge on any atom is -0.496 e. The predicted molar refractivity (Wildman–Crippen MR) is 474 cm³/mol. The van der Waals surface area contributed by atoms with Crippen LogP contribution in [0.2, 0.25) is 30.1 Å². The van der Waals surface area contributed by atoms with Crippen LogP contribution in [-0.2, 0) is 23.7 Å². The van der Waals surface area contributed by atoms with E-state index in [1.807, 2.05) is 110 Å². The number of hydrogen-bond donors (Lipinski definition) is 1. The van der Waals surface area contributed by atoms with Gasteiger partial charge in [-0.05, 0) is 118 Å². The van der Waals surface area contributed by atoms with Crippen LogP contribution < -0.4 is 34.6 Å². The first-order valence-electron chi connectivity index (χ1n) is 39.3. The van der Waals surface area contributed by atoms with Gasteiger partial charge in [-0.2, -0.15) is 0 Å². The number of halogens is 6. The highest BCUT2D eigenvalue weighted by atomic mass is 35.5. The van der Waals surface area contributed by atoms with Crippen molar-refractivity contribution in [3.63, 3.8) is 0 Å². The summed E-state index contributed by atoms with van der Waals surface area (Å²) in [6.07, 6.45) is 2.24. The number of hydrogen-bond acceptors (Lipinski definition) is 23. The Kier molecular flexibility index (Phi) is 27.0. The normalized spacial score (nSPS) is 21.3. The summed E-state index contributed by atoms with van der Waals surface area (Å²) in [6, 6.07) is 38.9. The molecule has 118 heavy (non-hydrogen) atoms. The summed E-state index contributed by atoms with van der Waals surface area (Å²) < 4.78 is 32.5. The van der Waals surface area contributed by atoms with Gasteiger partial charge in [0.1, 0.15) is 10.6 Å². The van der Waals surface area contributed by atoms with Crippen molar-refractivity contribution in [2.24, 2.45) is 5.92 Å². The van der Waals surface area contributed by atoms with Gasteiger partial charge in [0.15, 0.2) is 33.4 Å². The Labute approximate surface area is 734 Å². The number of amides is 1. The Hall–Kier alpha value is -7.56. The van der Waals surface area contributed by atoms with Gasteiger partial charge in [-0.3, -0.25) is 24.0 Å². The number of fused-ring (bicyclic) bond motifs is 5. The number of carbonyl (C=O) groups excluding carboxylic acids is 5. The lowest BCUT2D eigenvalue weighted by atomic mass is 9.87. The maximum absolute atomic E-state index is 12.7. The molecule has 11 heterocycles. The van der Waals surface area contributed by atoms with Gasteiger partial charge in [-0.15, -0.1) is 34.0 Å². The molecule has 6 atom stereocenters. The molecule has 0 spiro atoms. The summed E-state index contributed by atoms with van der Waals surface area (Å²) in [7, 11) is 1.64. The number of ketones is 4. The number of thiazole rings is 2. The second-order valence-electron chi connectivity index (χ2n) is 29.7. The lowest BCUT2D eigenvalue weighted by Gasteiger charge is -2.28. The summed E-state index contributed by atoms with van der Waals surface area (Å²) in [5.41, 5.74) is 11.0. The number of rotatable bonds is 11. The Balaban J connectivity index is 0.000000110. The topological polar surface area (TPSA) is 199 Å². The molecule has 10 aromatic rings. The fraction of sp³-hybridized carbons (Fsp3) is 0.379. The van der Waals surface area contributed by atoms with E-state index in [0.717, 1.165) is 198 Å². The lowest BCUT2D eigenvalue weighted by molar-refractivity contribution is 0.0938. The van der Waals surface area contributed by atoms with Crippen molar-refractivity contribution < 1.29 is 52.4 Å². The molecule has 0 radical (unpaired) electrons. The smallest absolute Gasteiger partial charge is 0.263 e. The maximum Gasteiger partial charge on any atom is 0.263 e. The zero-order valence-corrected chi connectivity index (χ0v) is 73.2. The number of thiophene rings is 3. The van der Waals surface area contributed by atoms with Gasteiger partial charge < -0.3 is 58.2 Å². The van der Waals surface area contributed by atoms with Gasteiger partial charge in [0.05, 0.1) is 136 Å². The van der Waals surface area contributed by atoms with E-state index in [9.17, 15) is 24.0 Å². The monoisotopic (exact) mass is 1800 g/mol. The van der Waals surface area contributed by atoms with Crippen molar-refractivity contribution in [3.8, 4) is 5.75 Å². The molecule has 20 rings (SSSR count). The van der Waals surface area contributed by atoms with Crippen LogP contribution in [0.4, 0.5) is 31.0 Å². The Morgan fingerprint density at radius 3 is 1.45 bits per heavy atom. The molecular formula is C87H83Cl6N9O11S5. The Bertz CT molecular complexity index is 5390. The van der Waals surface area contributed by atoms with Crippen LogP contribution in [0.5, 0.6) is 5.75 Å². The molecule has 5 aromatic heterocycles. The van der Waals surface area contributed by atoms with Crippen LogP contribution in [0.15, 0.2) is 121 Å². The highest BCUT2D eigenvalue weighted by Crippen LogP contribution is 2.55. The first-order valence-corrected chi connectivity index (χ1v) is 45.6. The second kappa shape index (κ2) is 37.8. The van der Waals surface area contributed by atoms with Gasteiger partial charge >= 0.3 is 0 Å². The summed E-state index contributed by atoms with van der Waals surface area (Å²) in [5, 5.41) is 11.9. The van der Waals surface area contributed by atoms with Crippen LogP contribution in [0.1, 0.15) is 166 Å². The average Bonchev–Trinajstić information content (AvgIpc) is 1.60. The summed E-state index contributed by atoms with van der Waals surface area (Å²) in [6.45, 7) is 25.9. The molecule has 5 fully saturated rings. The molecule has 20 nitrogen and oxygen atoms in total. The van der Waals surface area contributed by atoms with Crippen molar-refractivity contribution >= 4 is 186 Å². The van der Waals surface area contributed by atoms with E-state index in [1.54, 1.807) is 35.8 Å². The highest BCUT2D eigenvalue weighted by Gasteiger charge is 2.43. The van der Waals surface area contributed by atoms with Crippen molar-refractivity contribution in [3.05, 3.63) is 243 Å². The maximum atomic E-state index is 12.7. The van der Waals surface area contributed by atoms with Crippen molar-refractivity contribution in [1.82, 2.24) is 15.3 Å². The first-order chi connectivity index (χ1) is 57.4. The molecule has 0 saturated carbocycles. The number of nitrogens with zero attached hydrogens (tertiary/aromatic N) is 8. The van der Waals surface area contributed by atoms with Gasteiger partial charge in [0, 0.05) is 152 Å². The van der Waals surface area contributed by atoms with E-state index < -0.39 is 0 Å². The number of Topliss-reactive ketones (excluding diaryl/α,β-unsaturated/α-hetero) is 4. The molecule has 6 aliphatic heterocycles. The summed E-state index contributed by atoms with van der Waals surface area (Å²) in [4.78, 5) is 91.2. The molecule has 1 N–H and O–H groups in total. The Morgan fingerprint density at radius 2 is 0.898 bits per heavy atom. The van der Waals surface area contributed by atoms with E-state index in [-0.39, 0.29) is 64.5 Å². The standard InChI is InChI=1S/C18H15ClN2O2S.C18H18ClNO3S.C18H18ClNO2S.C17H18ClN3O2S.C16H14Cl2N2O2S/c1-20-16-15-13(11-2-4-12(19)5-3-11)10-14(22)17(15)24-18(16)21-6-8-23-9-7-21;1-22-16-8-11(19)2-3-12(16)13-9-15(21)18-14(13)10-17(24-18)20-4-6-23-7-5-20;1-11-16(12-2-4-13(19)5-3-12)14-10-15(23-18(14)17(11)21)20-6-8-22-9-7-20;18-12-3-1-11(2-4-12)13-5-6-19-16(22)15-14(13)20-17(24-15)21-7-9-23-10-8-21;17-11-2-1-9(7-12(11)18)10-8-13(21)15-14(10)19-16(23-15)20-3-5-22-6-4-20/h2-5,13H,6-10H2;2-3,8,10,13H,4-7,9H2,1H3;2-5,10-11,16H,6-9H2,1H3;1-4,13H,5-10H2,(H,19,22);1-2,7,10H,3-6,8H2. The third-order valence-electron chi connectivity index (χ3n) is 22.7. The molecular weight excluding hydrogens is 1720 g/mol. The molecule has 10 aliphatic rings. The minimum absolute atomic E-state index is 0.00355.